The minimum Gasteiger partial charge on any atom is -0.309 e. The molecule has 0 unspecified atom stereocenters. The molecule has 0 radical (unpaired) electrons. The molecule has 12 rings (SSSR count). The van der Waals surface area contributed by atoms with E-state index in [9.17, 15) is 5.26 Å². The summed E-state index contributed by atoms with van der Waals surface area (Å²) in [5.41, 5.74) is 13.5. The molecule has 3 aromatic heterocycles. The first-order chi connectivity index (χ1) is 31.7. The summed E-state index contributed by atoms with van der Waals surface area (Å²) in [7, 11) is 0. The monoisotopic (exact) mass is 816 g/mol. The molecule has 0 aliphatic carbocycles. The molecular weight excluding hydrogens is 781 g/mol. The zero-order valence-electron chi connectivity index (χ0n) is 34.5. The number of aromatic nitrogens is 5. The maximum Gasteiger partial charge on any atom is 0.166 e. The van der Waals surface area contributed by atoms with Crippen LogP contribution in [0.5, 0.6) is 0 Å². The molecule has 0 saturated carbocycles. The molecule has 0 atom stereocenters. The fourth-order valence-corrected chi connectivity index (χ4v) is 9.38. The number of fused-ring (bicyclic) bond motifs is 6. The highest BCUT2D eigenvalue weighted by atomic mass is 15.1. The number of nitriles is 1. The van der Waals surface area contributed by atoms with Crippen LogP contribution < -0.4 is 0 Å². The van der Waals surface area contributed by atoms with Crippen LogP contribution >= 0.6 is 0 Å². The van der Waals surface area contributed by atoms with Gasteiger partial charge in [0.05, 0.1) is 39.4 Å². The molecule has 0 amide bonds. The van der Waals surface area contributed by atoms with E-state index >= 15 is 0 Å². The number of hydrogen-bond donors (Lipinski definition) is 0. The predicted molar refractivity (Wildman–Crippen MR) is 260 cm³/mol. The van der Waals surface area contributed by atoms with Crippen LogP contribution in [0.15, 0.2) is 218 Å². The molecule has 6 heteroatoms. The summed E-state index contributed by atoms with van der Waals surface area (Å²) in [6.07, 6.45) is 0. The summed E-state index contributed by atoms with van der Waals surface area (Å²) in [5.74, 6) is 1.71. The van der Waals surface area contributed by atoms with E-state index < -0.39 is 0 Å². The van der Waals surface area contributed by atoms with Crippen molar-refractivity contribution in [3.05, 3.63) is 224 Å². The Kier molecular flexibility index (Phi) is 8.77. The minimum absolute atomic E-state index is 0.545. The molecule has 298 valence electrons. The zero-order chi connectivity index (χ0) is 42.6. The van der Waals surface area contributed by atoms with Gasteiger partial charge in [0.2, 0.25) is 0 Å². The molecule has 0 spiro atoms. The van der Waals surface area contributed by atoms with Gasteiger partial charge in [-0.25, -0.2) is 15.0 Å². The first-order valence-electron chi connectivity index (χ1n) is 21.3. The number of benzene rings is 9. The highest BCUT2D eigenvalue weighted by Crippen LogP contribution is 2.46. The lowest BCUT2D eigenvalue weighted by Gasteiger charge is -2.17. The lowest BCUT2D eigenvalue weighted by molar-refractivity contribution is 1.06. The van der Waals surface area contributed by atoms with E-state index in [2.05, 4.69) is 161 Å². The highest BCUT2D eigenvalue weighted by Gasteiger charge is 2.24. The Morgan fingerprint density at radius 3 is 1.48 bits per heavy atom. The topological polar surface area (TPSA) is 72.3 Å². The lowest BCUT2D eigenvalue weighted by atomic mass is 9.94. The quantitative estimate of drug-likeness (QED) is 0.161. The van der Waals surface area contributed by atoms with Gasteiger partial charge in [0, 0.05) is 43.9 Å². The Hall–Kier alpha value is -8.92. The summed E-state index contributed by atoms with van der Waals surface area (Å²) in [4.78, 5) is 15.5. The van der Waals surface area contributed by atoms with Crippen molar-refractivity contribution in [3.63, 3.8) is 0 Å². The molecule has 12 aromatic rings. The largest absolute Gasteiger partial charge is 0.309 e. The molecule has 0 N–H and O–H groups in total. The van der Waals surface area contributed by atoms with Crippen LogP contribution in [0.4, 0.5) is 0 Å². The molecule has 9 aromatic carbocycles. The first-order valence-corrected chi connectivity index (χ1v) is 21.3. The van der Waals surface area contributed by atoms with Gasteiger partial charge < -0.3 is 9.13 Å². The normalized spacial score (nSPS) is 11.4. The maximum atomic E-state index is 10.9. The molecule has 0 aliphatic heterocycles. The second-order valence-corrected chi connectivity index (χ2v) is 15.9. The molecular formula is C58H36N6. The molecule has 3 heterocycles. The van der Waals surface area contributed by atoms with E-state index in [-0.39, 0.29) is 0 Å². The molecule has 0 bridgehead atoms. The number of nitrogens with zero attached hydrogens (tertiary/aromatic N) is 6. The van der Waals surface area contributed by atoms with Gasteiger partial charge in [0.15, 0.2) is 17.5 Å². The Labute approximate surface area is 369 Å². The SMILES string of the molecule is N#Cc1cc(-c2cccc3c2c2ccccc2n3-c2ccccc2)c2c3ccccc3n(-c3cc(-c4ccccc4)ccc3-c3nc(-c4ccccc4)nc(-c4ccccc4)n3)c2c1. The molecule has 0 fully saturated rings. The maximum absolute atomic E-state index is 10.9. The summed E-state index contributed by atoms with van der Waals surface area (Å²) in [5, 5.41) is 15.3. The Balaban J connectivity index is 1.19. The summed E-state index contributed by atoms with van der Waals surface area (Å²) in [6, 6.07) is 77.9. The van der Waals surface area contributed by atoms with Gasteiger partial charge in [-0.3, -0.25) is 0 Å². The van der Waals surface area contributed by atoms with Crippen molar-refractivity contribution in [3.8, 4) is 73.9 Å². The molecule has 6 nitrogen and oxygen atoms in total. The van der Waals surface area contributed by atoms with Crippen molar-refractivity contribution in [1.29, 1.82) is 5.26 Å². The van der Waals surface area contributed by atoms with Crippen LogP contribution in [0.3, 0.4) is 0 Å². The van der Waals surface area contributed by atoms with Crippen molar-refractivity contribution in [2.24, 2.45) is 0 Å². The Morgan fingerprint density at radius 2 is 0.859 bits per heavy atom. The predicted octanol–water partition coefficient (Wildman–Crippen LogP) is 14.3. The first kappa shape index (κ1) is 36.9. The Bertz CT molecular complexity index is 3710. The lowest BCUT2D eigenvalue weighted by Crippen LogP contribution is -2.04. The van der Waals surface area contributed by atoms with Crippen molar-refractivity contribution >= 4 is 43.6 Å². The second-order valence-electron chi connectivity index (χ2n) is 15.9. The smallest absolute Gasteiger partial charge is 0.166 e. The van der Waals surface area contributed by atoms with E-state index in [4.69, 9.17) is 15.0 Å². The third-order valence-electron chi connectivity index (χ3n) is 12.2. The van der Waals surface area contributed by atoms with Crippen LogP contribution in [-0.2, 0) is 0 Å². The van der Waals surface area contributed by atoms with Gasteiger partial charge in [0.25, 0.3) is 0 Å². The molecule has 64 heavy (non-hydrogen) atoms. The average molecular weight is 817 g/mol. The van der Waals surface area contributed by atoms with Crippen molar-refractivity contribution in [1.82, 2.24) is 24.1 Å². The van der Waals surface area contributed by atoms with Gasteiger partial charge in [-0.1, -0.05) is 164 Å². The number of hydrogen-bond acceptors (Lipinski definition) is 4. The van der Waals surface area contributed by atoms with E-state index in [0.29, 0.717) is 23.0 Å². The number of para-hydroxylation sites is 3. The van der Waals surface area contributed by atoms with E-state index in [1.807, 2.05) is 72.8 Å². The summed E-state index contributed by atoms with van der Waals surface area (Å²) >= 11 is 0. The number of rotatable bonds is 7. The molecule has 0 aliphatic rings. The van der Waals surface area contributed by atoms with Crippen LogP contribution in [-0.4, -0.2) is 24.1 Å². The average Bonchev–Trinajstić information content (AvgIpc) is 3.90. The highest BCUT2D eigenvalue weighted by molar-refractivity contribution is 6.22. The van der Waals surface area contributed by atoms with Crippen LogP contribution in [0, 0.1) is 11.3 Å². The van der Waals surface area contributed by atoms with Gasteiger partial charge in [-0.05, 0) is 76.9 Å². The van der Waals surface area contributed by atoms with Gasteiger partial charge in [-0.15, -0.1) is 0 Å². The standard InChI is InChI=1S/C58H36N6/c59-37-38-34-48(44-28-17-31-51-54(44)45-26-13-15-29-49(45)63(51)43-24-11-4-12-25-43)55-46-27-14-16-30-50(46)64(53(55)35-38)52-36-42(39-18-5-1-6-19-39)32-33-47(52)58-61-56(40-20-7-2-8-21-40)60-57(62-58)41-22-9-3-10-23-41/h1-36H. The van der Waals surface area contributed by atoms with Crippen molar-refractivity contribution in [2.75, 3.05) is 0 Å². The van der Waals surface area contributed by atoms with Crippen molar-refractivity contribution in [2.45, 2.75) is 0 Å². The van der Waals surface area contributed by atoms with Gasteiger partial charge in [0.1, 0.15) is 0 Å². The molecule has 0 saturated heterocycles. The van der Waals surface area contributed by atoms with Gasteiger partial charge in [-0.2, -0.15) is 5.26 Å². The van der Waals surface area contributed by atoms with Gasteiger partial charge >= 0.3 is 0 Å². The fourth-order valence-electron chi connectivity index (χ4n) is 9.38. The summed E-state index contributed by atoms with van der Waals surface area (Å²) in [6.45, 7) is 0. The second kappa shape index (κ2) is 15.2. The Morgan fingerprint density at radius 1 is 0.344 bits per heavy atom. The van der Waals surface area contributed by atoms with Crippen LogP contribution in [0.25, 0.3) is 111 Å². The third kappa shape index (κ3) is 6.06. The van der Waals surface area contributed by atoms with E-state index in [1.165, 1.54) is 0 Å². The van der Waals surface area contributed by atoms with E-state index in [0.717, 1.165) is 93.9 Å². The van der Waals surface area contributed by atoms with Crippen LogP contribution in [0.1, 0.15) is 5.56 Å². The minimum atomic E-state index is 0.545. The third-order valence-corrected chi connectivity index (χ3v) is 12.2. The zero-order valence-corrected chi connectivity index (χ0v) is 34.5. The van der Waals surface area contributed by atoms with Crippen LogP contribution in [0.2, 0.25) is 0 Å². The fraction of sp³-hybridized carbons (Fsp3) is 0. The summed E-state index contributed by atoms with van der Waals surface area (Å²) < 4.78 is 4.64. The van der Waals surface area contributed by atoms with Crippen molar-refractivity contribution < 1.29 is 0 Å². The van der Waals surface area contributed by atoms with E-state index in [1.54, 1.807) is 0 Å².